The Morgan fingerprint density at radius 1 is 1.50 bits per heavy atom. The summed E-state index contributed by atoms with van der Waals surface area (Å²) in [6.07, 6.45) is 1.86. The predicted octanol–water partition coefficient (Wildman–Crippen LogP) is 1.36. The van der Waals surface area contributed by atoms with Crippen LogP contribution in [0.4, 0.5) is 0 Å². The Morgan fingerprint density at radius 2 is 2.25 bits per heavy atom. The Balaban J connectivity index is 2.32. The first-order valence-electron chi connectivity index (χ1n) is 4.22. The molecule has 2 atom stereocenters. The van der Waals surface area contributed by atoms with Crippen LogP contribution in [0.15, 0.2) is 17.5 Å². The van der Waals surface area contributed by atoms with Crippen LogP contribution < -0.4 is 11.5 Å². The molecular weight excluding hydrogens is 168 g/mol. The first-order chi connectivity index (χ1) is 5.68. The molecule has 12 heavy (non-hydrogen) atoms. The van der Waals surface area contributed by atoms with Gasteiger partial charge in [-0.05, 0) is 31.2 Å². The molecule has 0 aliphatic heterocycles. The van der Waals surface area contributed by atoms with E-state index in [4.69, 9.17) is 11.5 Å². The summed E-state index contributed by atoms with van der Waals surface area (Å²) in [6, 6.07) is 4.59. The molecule has 3 heteroatoms. The van der Waals surface area contributed by atoms with Crippen molar-refractivity contribution in [2.45, 2.75) is 31.8 Å². The summed E-state index contributed by atoms with van der Waals surface area (Å²) in [5.74, 6) is 0. The van der Waals surface area contributed by atoms with E-state index in [0.29, 0.717) is 0 Å². The van der Waals surface area contributed by atoms with Crippen LogP contribution in [0.25, 0.3) is 0 Å². The minimum Gasteiger partial charge on any atom is -0.328 e. The molecule has 0 aliphatic carbocycles. The van der Waals surface area contributed by atoms with Crippen molar-refractivity contribution in [1.82, 2.24) is 0 Å². The number of nitrogens with two attached hydrogens (primary N) is 2. The van der Waals surface area contributed by atoms with Crippen LogP contribution in [0.3, 0.4) is 0 Å². The Bertz CT molecular complexity index is 206. The van der Waals surface area contributed by atoms with Gasteiger partial charge in [-0.15, -0.1) is 11.3 Å². The van der Waals surface area contributed by atoms with E-state index in [1.807, 2.05) is 6.92 Å². The molecule has 1 aromatic heterocycles. The van der Waals surface area contributed by atoms with Crippen molar-refractivity contribution in [3.8, 4) is 0 Å². The lowest BCUT2D eigenvalue weighted by atomic mass is 10.1. The summed E-state index contributed by atoms with van der Waals surface area (Å²) in [5.41, 5.74) is 11.5. The smallest absolute Gasteiger partial charge is 0.0102 e. The van der Waals surface area contributed by atoms with Gasteiger partial charge in [0.15, 0.2) is 0 Å². The molecule has 0 amide bonds. The van der Waals surface area contributed by atoms with E-state index in [9.17, 15) is 0 Å². The lowest BCUT2D eigenvalue weighted by Crippen LogP contribution is -2.30. The van der Waals surface area contributed by atoms with Crippen LogP contribution in [0.5, 0.6) is 0 Å². The Hall–Kier alpha value is -0.380. The average molecular weight is 184 g/mol. The molecule has 0 radical (unpaired) electrons. The molecule has 0 fully saturated rings. The van der Waals surface area contributed by atoms with Gasteiger partial charge in [0.05, 0.1) is 0 Å². The van der Waals surface area contributed by atoms with Crippen LogP contribution in [0, 0.1) is 0 Å². The lowest BCUT2D eigenvalue weighted by Gasteiger charge is -2.12. The van der Waals surface area contributed by atoms with E-state index in [-0.39, 0.29) is 12.1 Å². The fourth-order valence-electron chi connectivity index (χ4n) is 1.25. The normalized spacial score (nSPS) is 15.9. The molecule has 1 rings (SSSR count). The molecule has 1 aromatic rings. The summed E-state index contributed by atoms with van der Waals surface area (Å²) in [5, 5.41) is 2.08. The Labute approximate surface area is 77.6 Å². The predicted molar refractivity (Wildman–Crippen MR) is 54.3 cm³/mol. The quantitative estimate of drug-likeness (QED) is 0.742. The highest BCUT2D eigenvalue weighted by Crippen LogP contribution is 2.11. The van der Waals surface area contributed by atoms with E-state index >= 15 is 0 Å². The van der Waals surface area contributed by atoms with Crippen LogP contribution in [-0.4, -0.2) is 12.1 Å². The summed E-state index contributed by atoms with van der Waals surface area (Å²) in [4.78, 5) is 1.35. The molecule has 0 bridgehead atoms. The van der Waals surface area contributed by atoms with Crippen molar-refractivity contribution in [2.24, 2.45) is 11.5 Å². The third kappa shape index (κ3) is 3.34. The van der Waals surface area contributed by atoms with E-state index in [2.05, 4.69) is 17.5 Å². The van der Waals surface area contributed by atoms with Crippen LogP contribution in [-0.2, 0) is 6.42 Å². The molecule has 68 valence electrons. The summed E-state index contributed by atoms with van der Waals surface area (Å²) >= 11 is 1.76. The molecule has 0 aliphatic rings. The van der Waals surface area contributed by atoms with Gasteiger partial charge in [0.2, 0.25) is 0 Å². The van der Waals surface area contributed by atoms with Gasteiger partial charge < -0.3 is 11.5 Å². The van der Waals surface area contributed by atoms with E-state index in [1.165, 1.54) is 4.88 Å². The maximum absolute atomic E-state index is 5.89. The average Bonchev–Trinajstić information content (AvgIpc) is 2.37. The van der Waals surface area contributed by atoms with E-state index in [1.54, 1.807) is 11.3 Å². The van der Waals surface area contributed by atoms with Gasteiger partial charge in [-0.1, -0.05) is 6.07 Å². The fourth-order valence-corrected chi connectivity index (χ4v) is 2.05. The van der Waals surface area contributed by atoms with Crippen molar-refractivity contribution in [3.63, 3.8) is 0 Å². The number of hydrogen-bond donors (Lipinski definition) is 2. The zero-order valence-electron chi connectivity index (χ0n) is 7.36. The Morgan fingerprint density at radius 3 is 2.75 bits per heavy atom. The monoisotopic (exact) mass is 184 g/mol. The van der Waals surface area contributed by atoms with Gasteiger partial charge in [-0.3, -0.25) is 0 Å². The molecule has 1 heterocycles. The van der Waals surface area contributed by atoms with Crippen LogP contribution in [0.2, 0.25) is 0 Å². The molecule has 0 saturated carbocycles. The highest BCUT2D eigenvalue weighted by Gasteiger charge is 2.06. The second-order valence-electron chi connectivity index (χ2n) is 3.26. The number of thiophene rings is 1. The molecule has 2 nitrogen and oxygen atoms in total. The summed E-state index contributed by atoms with van der Waals surface area (Å²) in [7, 11) is 0. The zero-order valence-corrected chi connectivity index (χ0v) is 8.18. The second-order valence-corrected chi connectivity index (χ2v) is 4.29. The second kappa shape index (κ2) is 4.60. The third-order valence-electron chi connectivity index (χ3n) is 1.72. The number of hydrogen-bond acceptors (Lipinski definition) is 3. The minimum atomic E-state index is 0.208. The van der Waals surface area contributed by atoms with Crippen molar-refractivity contribution >= 4 is 11.3 Å². The molecule has 0 spiro atoms. The van der Waals surface area contributed by atoms with Gasteiger partial charge >= 0.3 is 0 Å². The van der Waals surface area contributed by atoms with E-state index < -0.39 is 0 Å². The first-order valence-corrected chi connectivity index (χ1v) is 5.10. The minimum absolute atomic E-state index is 0.208. The fraction of sp³-hybridized carbons (Fsp3) is 0.556. The number of rotatable bonds is 4. The SMILES string of the molecule is CC(N)CC(N)Cc1cccs1. The molecule has 4 N–H and O–H groups in total. The lowest BCUT2D eigenvalue weighted by molar-refractivity contribution is 0.547. The highest BCUT2D eigenvalue weighted by molar-refractivity contribution is 7.09. The standard InChI is InChI=1S/C9H16N2S/c1-7(10)5-8(11)6-9-3-2-4-12-9/h2-4,7-8H,5-6,10-11H2,1H3. The summed E-state index contributed by atoms with van der Waals surface area (Å²) < 4.78 is 0. The van der Waals surface area contributed by atoms with Crippen molar-refractivity contribution < 1.29 is 0 Å². The summed E-state index contributed by atoms with van der Waals surface area (Å²) in [6.45, 7) is 1.99. The van der Waals surface area contributed by atoms with Gasteiger partial charge in [-0.25, -0.2) is 0 Å². The molecule has 0 saturated heterocycles. The van der Waals surface area contributed by atoms with Crippen LogP contribution in [0.1, 0.15) is 18.2 Å². The highest BCUT2D eigenvalue weighted by atomic mass is 32.1. The molecular formula is C9H16N2S. The maximum atomic E-state index is 5.89. The van der Waals surface area contributed by atoms with Gasteiger partial charge in [0, 0.05) is 17.0 Å². The topological polar surface area (TPSA) is 52.0 Å². The van der Waals surface area contributed by atoms with Crippen molar-refractivity contribution in [3.05, 3.63) is 22.4 Å². The molecule has 0 aromatic carbocycles. The van der Waals surface area contributed by atoms with Gasteiger partial charge in [0.1, 0.15) is 0 Å². The molecule has 2 unspecified atom stereocenters. The Kier molecular flexibility index (Phi) is 3.72. The van der Waals surface area contributed by atoms with Gasteiger partial charge in [-0.2, -0.15) is 0 Å². The largest absolute Gasteiger partial charge is 0.328 e. The zero-order chi connectivity index (χ0) is 8.97. The van der Waals surface area contributed by atoms with Crippen LogP contribution >= 0.6 is 11.3 Å². The first kappa shape index (κ1) is 9.71. The van der Waals surface area contributed by atoms with Crippen molar-refractivity contribution in [2.75, 3.05) is 0 Å². The van der Waals surface area contributed by atoms with Crippen molar-refractivity contribution in [1.29, 1.82) is 0 Å². The maximum Gasteiger partial charge on any atom is 0.0102 e. The third-order valence-corrected chi connectivity index (χ3v) is 2.62. The van der Waals surface area contributed by atoms with Gasteiger partial charge in [0.25, 0.3) is 0 Å². The van der Waals surface area contributed by atoms with E-state index in [0.717, 1.165) is 12.8 Å².